The number of nitrogens with zero attached hydrogens (tertiary/aromatic N) is 3. The highest BCUT2D eigenvalue weighted by Crippen LogP contribution is 2.38. The Bertz CT molecular complexity index is 1090. The number of rotatable bonds is 5. The van der Waals surface area contributed by atoms with Gasteiger partial charge in [-0.25, -0.2) is 9.07 Å². The Morgan fingerprint density at radius 1 is 1.03 bits per heavy atom. The Labute approximate surface area is 193 Å². The van der Waals surface area contributed by atoms with Gasteiger partial charge in [0.1, 0.15) is 12.0 Å². The number of amides is 1. The van der Waals surface area contributed by atoms with Crippen molar-refractivity contribution in [2.75, 3.05) is 18.1 Å². The maximum Gasteiger partial charge on any atom is 0.220 e. The van der Waals surface area contributed by atoms with Gasteiger partial charge in [0.2, 0.25) is 5.91 Å². The lowest BCUT2D eigenvalue weighted by Gasteiger charge is -2.40. The van der Waals surface area contributed by atoms with E-state index in [0.717, 1.165) is 48.2 Å². The third-order valence-corrected chi connectivity index (χ3v) is 6.84. The topological polar surface area (TPSA) is 73.4 Å². The summed E-state index contributed by atoms with van der Waals surface area (Å²) in [6.07, 6.45) is 8.55. The molecule has 0 aliphatic carbocycles. The second-order valence-electron chi connectivity index (χ2n) is 8.96. The van der Waals surface area contributed by atoms with Crippen LogP contribution >= 0.6 is 0 Å². The summed E-state index contributed by atoms with van der Waals surface area (Å²) < 4.78 is 21.3. The van der Waals surface area contributed by atoms with Crippen molar-refractivity contribution in [3.63, 3.8) is 0 Å². The molecule has 3 aromatic rings. The van der Waals surface area contributed by atoms with Crippen LogP contribution in [0.25, 0.3) is 11.1 Å². The average Bonchev–Trinajstić information content (AvgIpc) is 3.35. The minimum absolute atomic E-state index is 0.0230. The number of carbonyl (C=O) groups excluding carboxylic acids is 1. The van der Waals surface area contributed by atoms with E-state index in [1.165, 1.54) is 12.1 Å². The summed E-state index contributed by atoms with van der Waals surface area (Å²) in [5.41, 5.74) is 9.82. The van der Waals surface area contributed by atoms with E-state index in [4.69, 9.17) is 10.5 Å². The molecule has 7 heteroatoms. The van der Waals surface area contributed by atoms with Gasteiger partial charge in [0, 0.05) is 36.5 Å². The second kappa shape index (κ2) is 9.35. The van der Waals surface area contributed by atoms with Crippen molar-refractivity contribution < 1.29 is 13.9 Å². The first-order valence-electron chi connectivity index (χ1n) is 11.7. The molecule has 6 nitrogen and oxygen atoms in total. The molecule has 0 spiro atoms. The van der Waals surface area contributed by atoms with Crippen molar-refractivity contribution in [3.05, 3.63) is 72.3 Å². The first-order chi connectivity index (χ1) is 16.1. The number of anilines is 1. The molecule has 2 saturated heterocycles. The number of benzene rings is 2. The van der Waals surface area contributed by atoms with Crippen LogP contribution in [-0.4, -0.2) is 28.8 Å². The Balaban J connectivity index is 1.37. The number of primary amides is 1. The fourth-order valence-electron chi connectivity index (χ4n) is 4.96. The van der Waals surface area contributed by atoms with E-state index in [-0.39, 0.29) is 29.9 Å². The standard InChI is InChI=1S/C26H29FN4O2/c27-22-8-4-19(5-9-22)24-15-20(26(28)32)12-13-30(24)23-10-6-18(7-11-23)21-16-29-31(17-21)25-3-1-2-14-33-25/h4-11,16-17,20,24-25H,1-3,12-15H2,(H2,28,32). The van der Waals surface area contributed by atoms with Gasteiger partial charge in [-0.3, -0.25) is 4.79 Å². The van der Waals surface area contributed by atoms with E-state index in [2.05, 4.69) is 34.3 Å². The van der Waals surface area contributed by atoms with Gasteiger partial charge in [0.15, 0.2) is 0 Å². The van der Waals surface area contributed by atoms with E-state index in [1.807, 2.05) is 17.1 Å². The van der Waals surface area contributed by atoms with Crippen LogP contribution in [0.15, 0.2) is 60.9 Å². The van der Waals surface area contributed by atoms with Gasteiger partial charge >= 0.3 is 0 Å². The molecule has 5 rings (SSSR count). The lowest BCUT2D eigenvalue weighted by Crippen LogP contribution is -2.41. The van der Waals surface area contributed by atoms with Crippen molar-refractivity contribution >= 4 is 11.6 Å². The first-order valence-corrected chi connectivity index (χ1v) is 11.7. The van der Waals surface area contributed by atoms with E-state index in [9.17, 15) is 9.18 Å². The molecule has 2 aliphatic rings. The Hall–Kier alpha value is -3.19. The predicted octanol–water partition coefficient (Wildman–Crippen LogP) is 4.83. The first kappa shape index (κ1) is 21.6. The Kier molecular flexibility index (Phi) is 6.13. The quantitative estimate of drug-likeness (QED) is 0.607. The van der Waals surface area contributed by atoms with Crippen molar-refractivity contribution in [2.24, 2.45) is 11.7 Å². The fraction of sp³-hybridized carbons (Fsp3) is 0.385. The fourth-order valence-corrected chi connectivity index (χ4v) is 4.96. The van der Waals surface area contributed by atoms with Crippen LogP contribution in [0.3, 0.4) is 0 Å². The van der Waals surface area contributed by atoms with Crippen molar-refractivity contribution in [3.8, 4) is 11.1 Å². The Morgan fingerprint density at radius 3 is 2.52 bits per heavy atom. The SMILES string of the molecule is NC(=O)C1CCN(c2ccc(-c3cnn(C4CCCCO4)c3)cc2)C(c2ccc(F)cc2)C1. The number of hydrogen-bond acceptors (Lipinski definition) is 4. The van der Waals surface area contributed by atoms with E-state index < -0.39 is 0 Å². The zero-order valence-corrected chi connectivity index (χ0v) is 18.6. The number of ether oxygens (including phenoxy) is 1. The van der Waals surface area contributed by atoms with E-state index in [1.54, 1.807) is 12.1 Å². The van der Waals surface area contributed by atoms with Crippen LogP contribution in [0.2, 0.25) is 0 Å². The van der Waals surface area contributed by atoms with Crippen LogP contribution in [0, 0.1) is 11.7 Å². The lowest BCUT2D eigenvalue weighted by atomic mass is 9.86. The minimum Gasteiger partial charge on any atom is -0.369 e. The van der Waals surface area contributed by atoms with Gasteiger partial charge in [-0.1, -0.05) is 24.3 Å². The highest BCUT2D eigenvalue weighted by molar-refractivity contribution is 5.77. The molecule has 2 aromatic carbocycles. The molecule has 0 saturated carbocycles. The maximum atomic E-state index is 13.5. The molecule has 3 atom stereocenters. The van der Waals surface area contributed by atoms with E-state index >= 15 is 0 Å². The zero-order chi connectivity index (χ0) is 22.8. The predicted molar refractivity (Wildman–Crippen MR) is 125 cm³/mol. The summed E-state index contributed by atoms with van der Waals surface area (Å²) in [7, 11) is 0. The smallest absolute Gasteiger partial charge is 0.220 e. The summed E-state index contributed by atoms with van der Waals surface area (Å²) in [6.45, 7) is 1.50. The van der Waals surface area contributed by atoms with Gasteiger partial charge in [0.05, 0.1) is 12.2 Å². The molecular formula is C26H29FN4O2. The van der Waals surface area contributed by atoms with Crippen LogP contribution in [-0.2, 0) is 9.53 Å². The summed E-state index contributed by atoms with van der Waals surface area (Å²) in [5, 5.41) is 4.52. The molecule has 33 heavy (non-hydrogen) atoms. The largest absolute Gasteiger partial charge is 0.369 e. The van der Waals surface area contributed by atoms with Gasteiger partial charge in [-0.05, 0) is 67.5 Å². The minimum atomic E-state index is -0.268. The molecule has 3 unspecified atom stereocenters. The number of aromatic nitrogens is 2. The number of piperidine rings is 1. The highest BCUT2D eigenvalue weighted by atomic mass is 19.1. The number of hydrogen-bond donors (Lipinski definition) is 1. The van der Waals surface area contributed by atoms with Crippen molar-refractivity contribution in [1.29, 1.82) is 0 Å². The van der Waals surface area contributed by atoms with Gasteiger partial charge in [-0.15, -0.1) is 0 Å². The normalized spacial score (nSPS) is 23.4. The molecule has 2 N–H and O–H groups in total. The van der Waals surface area contributed by atoms with Gasteiger partial charge in [0.25, 0.3) is 0 Å². The molecule has 172 valence electrons. The van der Waals surface area contributed by atoms with Crippen LogP contribution in [0.4, 0.5) is 10.1 Å². The third-order valence-electron chi connectivity index (χ3n) is 6.84. The summed E-state index contributed by atoms with van der Waals surface area (Å²) in [4.78, 5) is 14.2. The summed E-state index contributed by atoms with van der Waals surface area (Å²) in [6, 6.07) is 14.9. The number of halogens is 1. The summed E-state index contributed by atoms with van der Waals surface area (Å²) in [5.74, 6) is -0.712. The van der Waals surface area contributed by atoms with Crippen LogP contribution in [0.1, 0.15) is 49.9 Å². The second-order valence-corrected chi connectivity index (χ2v) is 8.96. The zero-order valence-electron chi connectivity index (χ0n) is 18.6. The van der Waals surface area contributed by atoms with E-state index in [0.29, 0.717) is 19.4 Å². The average molecular weight is 449 g/mol. The molecule has 0 radical (unpaired) electrons. The van der Waals surface area contributed by atoms with Crippen LogP contribution < -0.4 is 10.6 Å². The maximum absolute atomic E-state index is 13.5. The Morgan fingerprint density at radius 2 is 1.82 bits per heavy atom. The lowest BCUT2D eigenvalue weighted by molar-refractivity contribution is -0.122. The van der Waals surface area contributed by atoms with Gasteiger partial charge in [-0.2, -0.15) is 5.10 Å². The number of nitrogens with two attached hydrogens (primary N) is 1. The molecular weight excluding hydrogens is 419 g/mol. The highest BCUT2D eigenvalue weighted by Gasteiger charge is 2.32. The molecule has 1 aromatic heterocycles. The summed E-state index contributed by atoms with van der Waals surface area (Å²) >= 11 is 0. The molecule has 1 amide bonds. The van der Waals surface area contributed by atoms with Gasteiger partial charge < -0.3 is 15.4 Å². The molecule has 0 bridgehead atoms. The number of carbonyl (C=O) groups is 1. The monoisotopic (exact) mass is 448 g/mol. The van der Waals surface area contributed by atoms with Crippen molar-refractivity contribution in [1.82, 2.24) is 9.78 Å². The van der Waals surface area contributed by atoms with Crippen LogP contribution in [0.5, 0.6) is 0 Å². The molecule has 2 aliphatic heterocycles. The molecule has 2 fully saturated rings. The third kappa shape index (κ3) is 4.64. The van der Waals surface area contributed by atoms with Crippen molar-refractivity contribution in [2.45, 2.75) is 44.4 Å². The molecule has 3 heterocycles.